The van der Waals surface area contributed by atoms with Crippen LogP contribution in [0, 0.1) is 5.82 Å². The molecule has 1 aliphatic heterocycles. The Labute approximate surface area is 193 Å². The van der Waals surface area contributed by atoms with Gasteiger partial charge in [0.05, 0.1) is 10.3 Å². The third kappa shape index (κ3) is 4.01. The minimum atomic E-state index is -2.76. The lowest BCUT2D eigenvalue weighted by molar-refractivity contribution is -0.120. The number of hydrogen-bond acceptors (Lipinski definition) is 5. The van der Waals surface area contributed by atoms with Crippen LogP contribution in [0.25, 0.3) is 11.1 Å². The van der Waals surface area contributed by atoms with Crippen molar-refractivity contribution in [1.82, 2.24) is 0 Å². The molecule has 0 atom stereocenters. The molecule has 3 aromatic rings. The predicted octanol–water partition coefficient (Wildman–Crippen LogP) is 6.19. The van der Waals surface area contributed by atoms with Crippen LogP contribution in [-0.4, -0.2) is 27.4 Å². The first-order chi connectivity index (χ1) is 15.8. The van der Waals surface area contributed by atoms with E-state index in [2.05, 4.69) is 0 Å². The van der Waals surface area contributed by atoms with Crippen LogP contribution in [0.4, 0.5) is 4.39 Å². The molecule has 33 heavy (non-hydrogen) atoms. The van der Waals surface area contributed by atoms with Crippen molar-refractivity contribution in [1.29, 1.82) is 0 Å². The Kier molecular flexibility index (Phi) is 5.43. The van der Waals surface area contributed by atoms with Gasteiger partial charge < -0.3 is 9.47 Å². The van der Waals surface area contributed by atoms with E-state index in [1.807, 2.05) is 36.4 Å². The first kappa shape index (κ1) is 21.9. The summed E-state index contributed by atoms with van der Waals surface area (Å²) in [7, 11) is -2.76. The van der Waals surface area contributed by atoms with E-state index in [9.17, 15) is 18.3 Å². The normalized spacial score (nSPS) is 16.5. The Morgan fingerprint density at radius 2 is 1.70 bits per heavy atom. The van der Waals surface area contributed by atoms with Gasteiger partial charge in [0.25, 0.3) is 0 Å². The Hall–Kier alpha value is -2.87. The number of ketones is 1. The maximum Gasteiger partial charge on any atom is 0.231 e. The minimum Gasteiger partial charge on any atom is -0.454 e. The summed E-state index contributed by atoms with van der Waals surface area (Å²) < 4.78 is 45.6. The second-order valence-electron chi connectivity index (χ2n) is 8.55. The van der Waals surface area contributed by atoms with E-state index in [0.29, 0.717) is 34.8 Å². The van der Waals surface area contributed by atoms with Crippen molar-refractivity contribution in [2.24, 2.45) is 0 Å². The summed E-state index contributed by atoms with van der Waals surface area (Å²) in [5.74, 6) is 0.686. The number of benzene rings is 3. The molecule has 1 saturated carbocycles. The summed E-state index contributed by atoms with van der Waals surface area (Å²) in [4.78, 5) is 13.8. The summed E-state index contributed by atoms with van der Waals surface area (Å²) in [6.45, 7) is 1.80. The van der Waals surface area contributed by atoms with Crippen molar-refractivity contribution in [2.45, 2.75) is 36.5 Å². The molecule has 5 rings (SSSR count). The van der Waals surface area contributed by atoms with Gasteiger partial charge in [-0.15, -0.1) is 0 Å². The molecule has 2 N–H and O–H groups in total. The van der Waals surface area contributed by atoms with E-state index in [1.54, 1.807) is 25.1 Å². The van der Waals surface area contributed by atoms with Crippen LogP contribution in [0.2, 0.25) is 0 Å². The van der Waals surface area contributed by atoms with Crippen LogP contribution in [0.1, 0.15) is 30.9 Å². The average molecular weight is 469 g/mol. The number of Topliss-reactive ketones (excluding diaryl/α,β-unsaturated/α-hetero) is 1. The van der Waals surface area contributed by atoms with Gasteiger partial charge in [-0.25, -0.2) is 4.39 Å². The number of halogens is 1. The molecule has 0 saturated heterocycles. The highest BCUT2D eigenvalue weighted by Crippen LogP contribution is 2.53. The van der Waals surface area contributed by atoms with Crippen LogP contribution in [0.5, 0.6) is 11.5 Å². The third-order valence-corrected chi connectivity index (χ3v) is 8.35. The molecule has 0 bridgehead atoms. The van der Waals surface area contributed by atoms with Gasteiger partial charge >= 0.3 is 0 Å². The second-order valence-corrected chi connectivity index (χ2v) is 10.9. The summed E-state index contributed by atoms with van der Waals surface area (Å²) in [5.41, 5.74) is 2.28. The molecular formula is C26H25FO5S. The molecule has 1 aliphatic carbocycles. The lowest BCUT2D eigenvalue weighted by Crippen LogP contribution is -2.23. The van der Waals surface area contributed by atoms with Crippen molar-refractivity contribution in [3.63, 3.8) is 0 Å². The van der Waals surface area contributed by atoms with Crippen molar-refractivity contribution in [2.75, 3.05) is 12.5 Å². The summed E-state index contributed by atoms with van der Waals surface area (Å²) in [6, 6.07) is 17.8. The molecular weight excluding hydrogens is 443 g/mol. The number of rotatable bonds is 7. The van der Waals surface area contributed by atoms with E-state index in [1.165, 1.54) is 6.07 Å². The molecule has 1 heterocycles. The van der Waals surface area contributed by atoms with Crippen LogP contribution in [0.15, 0.2) is 65.6 Å². The second kappa shape index (κ2) is 8.17. The number of carbonyl (C=O) groups is 1. The molecule has 0 spiro atoms. The third-order valence-electron chi connectivity index (χ3n) is 6.52. The highest BCUT2D eigenvalue weighted by atomic mass is 32.3. The quantitative estimate of drug-likeness (QED) is 0.432. The standard InChI is InChI=1S/C26H25FO5S/c1-2-33(29,30)20-8-6-18(7-9-20)19-5-3-4-17(12-19)13-25(28)26(10-11-26)21-14-23-24(15-22(21)27)32-16-31-23/h3-9,12,14-15,29-30H,2,10-11,13,16H2,1H3. The van der Waals surface area contributed by atoms with Gasteiger partial charge in [0.15, 0.2) is 11.5 Å². The topological polar surface area (TPSA) is 76.0 Å². The Balaban J connectivity index is 1.37. The first-order valence-corrected chi connectivity index (χ1v) is 12.6. The lowest BCUT2D eigenvalue weighted by atomic mass is 9.87. The van der Waals surface area contributed by atoms with E-state index in [4.69, 9.17) is 9.47 Å². The molecule has 7 heteroatoms. The lowest BCUT2D eigenvalue weighted by Gasteiger charge is -2.30. The Bertz CT molecular complexity index is 1220. The maximum absolute atomic E-state index is 14.8. The van der Waals surface area contributed by atoms with Crippen LogP contribution < -0.4 is 9.47 Å². The van der Waals surface area contributed by atoms with Gasteiger partial charge in [-0.2, -0.15) is 10.6 Å². The number of fused-ring (bicyclic) bond motifs is 1. The highest BCUT2D eigenvalue weighted by Gasteiger charge is 2.52. The molecule has 0 amide bonds. The first-order valence-electron chi connectivity index (χ1n) is 10.9. The minimum absolute atomic E-state index is 0.00958. The molecule has 2 aliphatic rings. The summed E-state index contributed by atoms with van der Waals surface area (Å²) >= 11 is 0. The fourth-order valence-electron chi connectivity index (χ4n) is 4.35. The van der Waals surface area contributed by atoms with Crippen LogP contribution >= 0.6 is 10.6 Å². The van der Waals surface area contributed by atoms with Gasteiger partial charge in [-0.1, -0.05) is 36.4 Å². The Morgan fingerprint density at radius 1 is 1.00 bits per heavy atom. The van der Waals surface area contributed by atoms with Crippen molar-refractivity contribution in [3.05, 3.63) is 77.6 Å². The zero-order chi connectivity index (χ0) is 23.2. The smallest absolute Gasteiger partial charge is 0.231 e. The van der Waals surface area contributed by atoms with Gasteiger partial charge in [-0.05, 0) is 54.7 Å². The molecule has 3 aromatic carbocycles. The van der Waals surface area contributed by atoms with E-state index in [-0.39, 0.29) is 24.7 Å². The zero-order valence-corrected chi connectivity index (χ0v) is 19.0. The zero-order valence-electron chi connectivity index (χ0n) is 18.2. The molecule has 172 valence electrons. The molecule has 1 fully saturated rings. The number of ether oxygens (including phenoxy) is 2. The van der Waals surface area contributed by atoms with Crippen LogP contribution in [0.3, 0.4) is 0 Å². The van der Waals surface area contributed by atoms with E-state index < -0.39 is 21.8 Å². The molecule has 0 unspecified atom stereocenters. The monoisotopic (exact) mass is 468 g/mol. The van der Waals surface area contributed by atoms with Crippen molar-refractivity contribution in [3.8, 4) is 22.6 Å². The fraction of sp³-hybridized carbons (Fsp3) is 0.269. The van der Waals surface area contributed by atoms with Crippen molar-refractivity contribution < 1.29 is 27.8 Å². The number of carbonyl (C=O) groups excluding carboxylic acids is 1. The largest absolute Gasteiger partial charge is 0.454 e. The van der Waals surface area contributed by atoms with Crippen LogP contribution in [-0.2, 0) is 16.6 Å². The fourth-order valence-corrected chi connectivity index (χ4v) is 5.26. The molecule has 0 radical (unpaired) electrons. The SMILES string of the molecule is CCS(O)(O)c1ccc(-c2cccc(CC(=O)C3(c4cc5c(cc4F)OCO5)CC3)c2)cc1. The van der Waals surface area contributed by atoms with Gasteiger partial charge in [0.2, 0.25) is 6.79 Å². The summed E-state index contributed by atoms with van der Waals surface area (Å²) in [5, 5.41) is 0. The Morgan fingerprint density at radius 3 is 2.36 bits per heavy atom. The van der Waals surface area contributed by atoms with Gasteiger partial charge in [-0.3, -0.25) is 13.9 Å². The molecule has 0 aromatic heterocycles. The predicted molar refractivity (Wildman–Crippen MR) is 126 cm³/mol. The van der Waals surface area contributed by atoms with Crippen molar-refractivity contribution >= 4 is 16.4 Å². The summed E-state index contributed by atoms with van der Waals surface area (Å²) in [6.07, 6.45) is 1.44. The van der Waals surface area contributed by atoms with Gasteiger partial charge in [0.1, 0.15) is 11.6 Å². The average Bonchev–Trinajstić information content (AvgIpc) is 3.51. The van der Waals surface area contributed by atoms with E-state index in [0.717, 1.165) is 16.7 Å². The van der Waals surface area contributed by atoms with E-state index >= 15 is 0 Å². The number of hydrogen-bond donors (Lipinski definition) is 2. The van der Waals surface area contributed by atoms with Gasteiger partial charge in [0, 0.05) is 23.8 Å². The highest BCUT2D eigenvalue weighted by molar-refractivity contribution is 8.24. The molecule has 5 nitrogen and oxygen atoms in total. The maximum atomic E-state index is 14.8.